The van der Waals surface area contributed by atoms with Crippen molar-refractivity contribution in [2.75, 3.05) is 13.2 Å². The van der Waals surface area contributed by atoms with Gasteiger partial charge in [-0.2, -0.15) is 0 Å². The normalized spacial score (nSPS) is 12.0. The van der Waals surface area contributed by atoms with Crippen molar-refractivity contribution >= 4 is 11.1 Å². The Bertz CT molecular complexity index is 969. The fourth-order valence-corrected chi connectivity index (χ4v) is 3.63. The van der Waals surface area contributed by atoms with Gasteiger partial charge >= 0.3 is 0 Å². The highest BCUT2D eigenvalue weighted by atomic mass is 16.5. The summed E-state index contributed by atoms with van der Waals surface area (Å²) in [6.45, 7) is 7.60. The van der Waals surface area contributed by atoms with Crippen LogP contribution >= 0.6 is 0 Å². The highest BCUT2D eigenvalue weighted by Gasteiger charge is 2.14. The second-order valence-corrected chi connectivity index (χ2v) is 7.69. The van der Waals surface area contributed by atoms with Crippen LogP contribution in [0.25, 0.3) is 11.1 Å². The van der Waals surface area contributed by atoms with Crippen LogP contribution in [0.2, 0.25) is 0 Å². The molecule has 0 atom stereocenters. The second-order valence-electron chi connectivity index (χ2n) is 7.69. The Hall–Kier alpha value is -3.04. The van der Waals surface area contributed by atoms with E-state index in [0.29, 0.717) is 19.1 Å². The van der Waals surface area contributed by atoms with E-state index < -0.39 is 0 Å². The topological polar surface area (TPSA) is 55.5 Å². The Labute approximate surface area is 179 Å². The summed E-state index contributed by atoms with van der Waals surface area (Å²) < 4.78 is 5.64. The van der Waals surface area contributed by atoms with E-state index in [4.69, 9.17) is 10.5 Å². The molecule has 0 aromatic heterocycles. The molecule has 3 nitrogen and oxygen atoms in total. The van der Waals surface area contributed by atoms with Gasteiger partial charge < -0.3 is 15.6 Å². The first-order valence-corrected chi connectivity index (χ1v) is 10.6. The maximum atomic E-state index is 9.78. The fourth-order valence-electron chi connectivity index (χ4n) is 3.63. The molecule has 30 heavy (non-hydrogen) atoms. The van der Waals surface area contributed by atoms with Gasteiger partial charge in [-0.3, -0.25) is 0 Å². The van der Waals surface area contributed by atoms with E-state index in [0.717, 1.165) is 23.3 Å². The average Bonchev–Trinajstić information content (AvgIpc) is 2.77. The maximum absolute atomic E-state index is 9.78. The minimum absolute atomic E-state index is 0.267. The molecule has 0 saturated heterocycles. The van der Waals surface area contributed by atoms with Crippen LogP contribution in [0.5, 0.6) is 11.5 Å². The Balaban J connectivity index is 2.12. The van der Waals surface area contributed by atoms with Crippen LogP contribution in [0.1, 0.15) is 55.4 Å². The molecule has 0 spiro atoms. The lowest BCUT2D eigenvalue weighted by molar-refractivity contribution is 0.328. The van der Waals surface area contributed by atoms with Gasteiger partial charge in [0.1, 0.15) is 18.1 Å². The number of phenols is 1. The Morgan fingerprint density at radius 2 is 1.37 bits per heavy atom. The summed E-state index contributed by atoms with van der Waals surface area (Å²) >= 11 is 0. The Morgan fingerprint density at radius 1 is 0.833 bits per heavy atom. The van der Waals surface area contributed by atoms with Gasteiger partial charge in [-0.05, 0) is 70.0 Å². The Morgan fingerprint density at radius 3 is 1.87 bits per heavy atom. The zero-order chi connectivity index (χ0) is 21.5. The Kier molecular flexibility index (Phi) is 7.31. The molecule has 0 fully saturated rings. The SMILES string of the molecule is CCC(=C(c1ccc(O)cc1)c1ccc(OCCN)cc1)c1ccc(C(C)C)cc1. The molecule has 0 aliphatic heterocycles. The molecule has 3 heteroatoms. The molecule has 3 N–H and O–H groups in total. The van der Waals surface area contributed by atoms with E-state index in [1.807, 2.05) is 24.3 Å². The summed E-state index contributed by atoms with van der Waals surface area (Å²) in [5, 5.41) is 9.78. The van der Waals surface area contributed by atoms with E-state index in [1.54, 1.807) is 12.1 Å². The largest absolute Gasteiger partial charge is 0.508 e. The minimum atomic E-state index is 0.267. The van der Waals surface area contributed by atoms with Crippen molar-refractivity contribution in [2.24, 2.45) is 5.73 Å². The lowest BCUT2D eigenvalue weighted by Gasteiger charge is -2.17. The zero-order valence-corrected chi connectivity index (χ0v) is 18.1. The third-order valence-electron chi connectivity index (χ3n) is 5.27. The van der Waals surface area contributed by atoms with Crippen LogP contribution in [-0.2, 0) is 0 Å². The molecule has 0 aliphatic rings. The monoisotopic (exact) mass is 401 g/mol. The highest BCUT2D eigenvalue weighted by molar-refractivity contribution is 5.98. The van der Waals surface area contributed by atoms with E-state index in [2.05, 4.69) is 57.2 Å². The number of hydrogen-bond donors (Lipinski definition) is 2. The molecule has 3 rings (SSSR count). The number of aromatic hydroxyl groups is 1. The summed E-state index contributed by atoms with van der Waals surface area (Å²) in [7, 11) is 0. The first-order valence-electron chi connectivity index (χ1n) is 10.6. The predicted octanol–water partition coefficient (Wildman–Crippen LogP) is 6.22. The van der Waals surface area contributed by atoms with Crippen molar-refractivity contribution in [1.82, 2.24) is 0 Å². The molecule has 0 aliphatic carbocycles. The molecule has 3 aromatic carbocycles. The van der Waals surface area contributed by atoms with Gasteiger partial charge in [0.05, 0.1) is 0 Å². The summed E-state index contributed by atoms with van der Waals surface area (Å²) in [5.74, 6) is 1.59. The van der Waals surface area contributed by atoms with Crippen molar-refractivity contribution in [3.05, 3.63) is 95.1 Å². The van der Waals surface area contributed by atoms with Crippen molar-refractivity contribution in [1.29, 1.82) is 0 Å². The molecule has 0 amide bonds. The number of rotatable bonds is 8. The van der Waals surface area contributed by atoms with Gasteiger partial charge in [0.15, 0.2) is 0 Å². The first kappa shape index (κ1) is 21.7. The average molecular weight is 402 g/mol. The molecule has 0 bridgehead atoms. The van der Waals surface area contributed by atoms with E-state index in [1.165, 1.54) is 22.3 Å². The van der Waals surface area contributed by atoms with Gasteiger partial charge in [0.25, 0.3) is 0 Å². The molecule has 0 saturated carbocycles. The van der Waals surface area contributed by atoms with E-state index in [9.17, 15) is 5.11 Å². The van der Waals surface area contributed by atoms with Gasteiger partial charge in [-0.25, -0.2) is 0 Å². The first-order chi connectivity index (χ1) is 14.5. The summed E-state index contributed by atoms with van der Waals surface area (Å²) in [5.41, 5.74) is 12.7. The van der Waals surface area contributed by atoms with Crippen LogP contribution in [0.3, 0.4) is 0 Å². The summed E-state index contributed by atoms with van der Waals surface area (Å²) in [6.07, 6.45) is 0.892. The lowest BCUT2D eigenvalue weighted by Crippen LogP contribution is -2.10. The third kappa shape index (κ3) is 5.11. The quantitative estimate of drug-likeness (QED) is 0.440. The summed E-state index contributed by atoms with van der Waals surface area (Å²) in [4.78, 5) is 0. The number of phenolic OH excluding ortho intramolecular Hbond substituents is 1. The third-order valence-corrected chi connectivity index (χ3v) is 5.27. The van der Waals surface area contributed by atoms with Crippen LogP contribution in [0, 0.1) is 0 Å². The number of benzene rings is 3. The highest BCUT2D eigenvalue weighted by Crippen LogP contribution is 2.36. The molecular weight excluding hydrogens is 370 g/mol. The second kappa shape index (κ2) is 10.1. The van der Waals surface area contributed by atoms with Crippen molar-refractivity contribution in [3.63, 3.8) is 0 Å². The van der Waals surface area contributed by atoms with Crippen LogP contribution in [0.4, 0.5) is 0 Å². The smallest absolute Gasteiger partial charge is 0.119 e. The van der Waals surface area contributed by atoms with Crippen molar-refractivity contribution in [3.8, 4) is 11.5 Å². The number of hydrogen-bond acceptors (Lipinski definition) is 3. The van der Waals surface area contributed by atoms with Gasteiger partial charge in [0.2, 0.25) is 0 Å². The standard InChI is InChI=1S/C27H31NO2/c1-4-26(21-7-5-20(6-8-21)19(2)3)27(22-9-13-24(29)14-10-22)23-11-15-25(16-12-23)30-18-17-28/h5-16,19,29H,4,17-18,28H2,1-3H3. The van der Waals surface area contributed by atoms with Crippen LogP contribution < -0.4 is 10.5 Å². The zero-order valence-electron chi connectivity index (χ0n) is 18.1. The van der Waals surface area contributed by atoms with Crippen LogP contribution in [0.15, 0.2) is 72.8 Å². The molecule has 3 aromatic rings. The van der Waals surface area contributed by atoms with Crippen molar-refractivity contribution in [2.45, 2.75) is 33.1 Å². The number of allylic oxidation sites excluding steroid dienone is 1. The molecule has 156 valence electrons. The van der Waals surface area contributed by atoms with Crippen molar-refractivity contribution < 1.29 is 9.84 Å². The summed E-state index contributed by atoms with van der Waals surface area (Å²) in [6, 6.07) is 24.4. The lowest BCUT2D eigenvalue weighted by atomic mass is 9.87. The number of ether oxygens (including phenoxy) is 1. The molecule has 0 unspecified atom stereocenters. The van der Waals surface area contributed by atoms with Gasteiger partial charge in [0, 0.05) is 6.54 Å². The van der Waals surface area contributed by atoms with Gasteiger partial charge in [-0.15, -0.1) is 0 Å². The molecular formula is C27H31NO2. The van der Waals surface area contributed by atoms with Crippen LogP contribution in [-0.4, -0.2) is 18.3 Å². The maximum Gasteiger partial charge on any atom is 0.119 e. The van der Waals surface area contributed by atoms with Gasteiger partial charge in [-0.1, -0.05) is 69.3 Å². The predicted molar refractivity (Wildman–Crippen MR) is 126 cm³/mol. The van der Waals surface area contributed by atoms with E-state index in [-0.39, 0.29) is 5.75 Å². The minimum Gasteiger partial charge on any atom is -0.508 e. The number of nitrogens with two attached hydrogens (primary N) is 1. The van der Waals surface area contributed by atoms with E-state index >= 15 is 0 Å². The fraction of sp³-hybridized carbons (Fsp3) is 0.259. The molecule has 0 heterocycles. The molecule has 0 radical (unpaired) electrons.